The largest absolute Gasteiger partial charge is 0.328 e. The first-order chi connectivity index (χ1) is 14.8. The van der Waals surface area contributed by atoms with E-state index in [-0.39, 0.29) is 29.8 Å². The van der Waals surface area contributed by atoms with Gasteiger partial charge in [0.2, 0.25) is 10.0 Å². The molecule has 1 amide bonds. The molecular formula is C22H28N4O4S. The Morgan fingerprint density at radius 1 is 1.26 bits per heavy atom. The molecule has 2 aromatic rings. The average molecular weight is 445 g/mol. The standard InChI is InChI=1S/C22H28N4O4S/c1-3-31(29,30)25-12-10-18-17(14-25)21(27)24-20(23-18)19-9-4-5-11-26(19)22(28)16-8-6-7-15(2)13-16/h6-8,13,19H,3-5,9-12,14H2,1-2H3,(H,23,24,27). The summed E-state index contributed by atoms with van der Waals surface area (Å²) in [5, 5.41) is 0. The molecular weight excluding hydrogens is 416 g/mol. The molecule has 1 atom stereocenters. The van der Waals surface area contributed by atoms with Crippen molar-refractivity contribution in [2.24, 2.45) is 0 Å². The lowest BCUT2D eigenvalue weighted by Crippen LogP contribution is -2.43. The predicted octanol–water partition coefficient (Wildman–Crippen LogP) is 2.15. The maximum Gasteiger partial charge on any atom is 0.255 e. The van der Waals surface area contributed by atoms with E-state index in [4.69, 9.17) is 4.98 Å². The van der Waals surface area contributed by atoms with Gasteiger partial charge < -0.3 is 9.88 Å². The maximum absolute atomic E-state index is 13.2. The lowest BCUT2D eigenvalue weighted by Gasteiger charge is -2.36. The van der Waals surface area contributed by atoms with Crippen molar-refractivity contribution in [1.82, 2.24) is 19.2 Å². The summed E-state index contributed by atoms with van der Waals surface area (Å²) in [6, 6.07) is 7.22. The summed E-state index contributed by atoms with van der Waals surface area (Å²) >= 11 is 0. The summed E-state index contributed by atoms with van der Waals surface area (Å²) in [5.74, 6) is 0.439. The zero-order valence-corrected chi connectivity index (χ0v) is 18.7. The molecule has 166 valence electrons. The fourth-order valence-electron chi connectivity index (χ4n) is 4.40. The summed E-state index contributed by atoms with van der Waals surface area (Å²) in [5.41, 5.74) is 2.37. The summed E-state index contributed by atoms with van der Waals surface area (Å²) in [4.78, 5) is 35.5. The second kappa shape index (κ2) is 8.55. The number of H-pyrrole nitrogens is 1. The second-order valence-electron chi connectivity index (χ2n) is 8.24. The average Bonchev–Trinajstić information content (AvgIpc) is 2.78. The number of likely N-dealkylation sites (tertiary alicyclic amines) is 1. The van der Waals surface area contributed by atoms with Crippen LogP contribution in [0.2, 0.25) is 0 Å². The normalized spacial score (nSPS) is 19.8. The second-order valence-corrected chi connectivity index (χ2v) is 10.5. The summed E-state index contributed by atoms with van der Waals surface area (Å²) in [7, 11) is -3.37. The van der Waals surface area contributed by atoms with Gasteiger partial charge in [0, 0.05) is 31.6 Å². The van der Waals surface area contributed by atoms with E-state index in [1.54, 1.807) is 11.8 Å². The van der Waals surface area contributed by atoms with Crippen molar-refractivity contribution >= 4 is 15.9 Å². The molecule has 1 unspecified atom stereocenters. The number of benzene rings is 1. The molecule has 2 aliphatic heterocycles. The molecule has 8 nitrogen and oxygen atoms in total. The van der Waals surface area contributed by atoms with Crippen LogP contribution in [-0.2, 0) is 23.0 Å². The number of aryl methyl sites for hydroxylation is 1. The number of nitrogens with zero attached hydrogens (tertiary/aromatic N) is 3. The minimum atomic E-state index is -3.37. The van der Waals surface area contributed by atoms with Gasteiger partial charge in [0.1, 0.15) is 5.82 Å². The van der Waals surface area contributed by atoms with Crippen LogP contribution < -0.4 is 5.56 Å². The van der Waals surface area contributed by atoms with Crippen molar-refractivity contribution in [3.05, 3.63) is 62.8 Å². The number of piperidine rings is 1. The SMILES string of the molecule is CCS(=O)(=O)N1CCc2nc(C3CCCCN3C(=O)c3cccc(C)c3)[nH]c(=O)c2C1. The molecule has 1 fully saturated rings. The molecule has 0 radical (unpaired) electrons. The number of fused-ring (bicyclic) bond motifs is 1. The number of carbonyl (C=O) groups is 1. The molecule has 0 aliphatic carbocycles. The van der Waals surface area contributed by atoms with E-state index in [9.17, 15) is 18.0 Å². The van der Waals surface area contributed by atoms with E-state index >= 15 is 0 Å². The number of hydrogen-bond acceptors (Lipinski definition) is 5. The first-order valence-corrected chi connectivity index (χ1v) is 12.4. The monoisotopic (exact) mass is 444 g/mol. The van der Waals surface area contributed by atoms with Crippen LogP contribution in [0, 0.1) is 6.92 Å². The zero-order chi connectivity index (χ0) is 22.2. The van der Waals surface area contributed by atoms with Crippen LogP contribution in [0.25, 0.3) is 0 Å². The molecule has 1 aromatic heterocycles. The fourth-order valence-corrected chi connectivity index (χ4v) is 5.46. The van der Waals surface area contributed by atoms with E-state index in [1.807, 2.05) is 31.2 Å². The lowest BCUT2D eigenvalue weighted by atomic mass is 9.99. The van der Waals surface area contributed by atoms with Crippen molar-refractivity contribution in [2.45, 2.75) is 52.1 Å². The van der Waals surface area contributed by atoms with Crippen molar-refractivity contribution in [2.75, 3.05) is 18.8 Å². The molecule has 0 spiro atoms. The van der Waals surface area contributed by atoms with Crippen molar-refractivity contribution in [3.63, 3.8) is 0 Å². The Morgan fingerprint density at radius 3 is 2.81 bits per heavy atom. The third-order valence-electron chi connectivity index (χ3n) is 6.15. The molecule has 0 saturated carbocycles. The number of sulfonamides is 1. The molecule has 9 heteroatoms. The first kappa shape index (κ1) is 21.7. The quantitative estimate of drug-likeness (QED) is 0.778. The van der Waals surface area contributed by atoms with Gasteiger partial charge in [0.05, 0.1) is 23.1 Å². The zero-order valence-electron chi connectivity index (χ0n) is 17.9. The van der Waals surface area contributed by atoms with Crippen LogP contribution in [0.5, 0.6) is 0 Å². The first-order valence-electron chi connectivity index (χ1n) is 10.8. The highest BCUT2D eigenvalue weighted by Crippen LogP contribution is 2.31. The van der Waals surface area contributed by atoms with Crippen LogP contribution in [-0.4, -0.2) is 52.3 Å². The summed E-state index contributed by atoms with van der Waals surface area (Å²) in [6.45, 7) is 4.52. The van der Waals surface area contributed by atoms with Crippen molar-refractivity contribution in [1.29, 1.82) is 0 Å². The van der Waals surface area contributed by atoms with E-state index in [0.29, 0.717) is 42.2 Å². The number of carbonyl (C=O) groups excluding carboxylic acids is 1. The highest BCUT2D eigenvalue weighted by molar-refractivity contribution is 7.89. The van der Waals surface area contributed by atoms with Crippen LogP contribution in [0.4, 0.5) is 0 Å². The number of hydrogen-bond donors (Lipinski definition) is 1. The van der Waals surface area contributed by atoms with Gasteiger partial charge in [-0.3, -0.25) is 9.59 Å². The van der Waals surface area contributed by atoms with E-state index in [0.717, 1.165) is 24.8 Å². The number of aromatic amines is 1. The Morgan fingerprint density at radius 2 is 2.06 bits per heavy atom. The molecule has 1 N–H and O–H groups in total. The van der Waals surface area contributed by atoms with Gasteiger partial charge >= 0.3 is 0 Å². The molecule has 1 saturated heterocycles. The van der Waals surface area contributed by atoms with Gasteiger partial charge in [0.25, 0.3) is 11.5 Å². The Bertz CT molecular complexity index is 1160. The maximum atomic E-state index is 13.2. The highest BCUT2D eigenvalue weighted by atomic mass is 32.2. The Balaban J connectivity index is 1.65. The Labute approximate surface area is 182 Å². The Kier molecular flexibility index (Phi) is 5.98. The van der Waals surface area contributed by atoms with Crippen molar-refractivity contribution < 1.29 is 13.2 Å². The third kappa shape index (κ3) is 4.29. The molecule has 31 heavy (non-hydrogen) atoms. The number of nitrogens with one attached hydrogen (secondary N) is 1. The van der Waals surface area contributed by atoms with E-state index in [2.05, 4.69) is 4.98 Å². The summed E-state index contributed by atoms with van der Waals surface area (Å²) < 4.78 is 25.8. The predicted molar refractivity (Wildman–Crippen MR) is 117 cm³/mol. The molecule has 3 heterocycles. The molecule has 1 aromatic carbocycles. The minimum absolute atomic E-state index is 0.00383. The molecule has 4 rings (SSSR count). The van der Waals surface area contributed by atoms with Gasteiger partial charge in [-0.2, -0.15) is 4.31 Å². The topological polar surface area (TPSA) is 103 Å². The third-order valence-corrected chi connectivity index (χ3v) is 7.98. The highest BCUT2D eigenvalue weighted by Gasteiger charge is 2.33. The van der Waals surface area contributed by atoms with E-state index in [1.165, 1.54) is 4.31 Å². The van der Waals surface area contributed by atoms with Gasteiger partial charge in [-0.15, -0.1) is 0 Å². The van der Waals surface area contributed by atoms with Crippen LogP contribution >= 0.6 is 0 Å². The van der Waals surface area contributed by atoms with Gasteiger partial charge in [-0.1, -0.05) is 17.7 Å². The van der Waals surface area contributed by atoms with Crippen LogP contribution in [0.3, 0.4) is 0 Å². The number of amides is 1. The van der Waals surface area contributed by atoms with Gasteiger partial charge in [-0.25, -0.2) is 13.4 Å². The summed E-state index contributed by atoms with van der Waals surface area (Å²) in [6.07, 6.45) is 2.98. The van der Waals surface area contributed by atoms with Gasteiger partial charge in [-0.05, 0) is 45.2 Å². The van der Waals surface area contributed by atoms with Gasteiger partial charge in [0.15, 0.2) is 0 Å². The fraction of sp³-hybridized carbons (Fsp3) is 0.500. The lowest BCUT2D eigenvalue weighted by molar-refractivity contribution is 0.0598. The van der Waals surface area contributed by atoms with Crippen LogP contribution in [0.1, 0.15) is 65.2 Å². The minimum Gasteiger partial charge on any atom is -0.328 e. The molecule has 2 aliphatic rings. The smallest absolute Gasteiger partial charge is 0.255 e. The van der Waals surface area contributed by atoms with E-state index < -0.39 is 10.0 Å². The van der Waals surface area contributed by atoms with Crippen LogP contribution in [0.15, 0.2) is 29.1 Å². The number of rotatable bonds is 4. The molecule has 0 bridgehead atoms. The number of aromatic nitrogens is 2. The Hall–Kier alpha value is -2.52. The van der Waals surface area contributed by atoms with Crippen molar-refractivity contribution in [3.8, 4) is 0 Å².